The number of nitrogens with zero attached hydrogens (tertiary/aromatic N) is 1. The number of piperazine rings is 1. The lowest BCUT2D eigenvalue weighted by molar-refractivity contribution is 0.0725. The van der Waals surface area contributed by atoms with Crippen molar-refractivity contribution in [3.05, 3.63) is 29.6 Å². The third kappa shape index (κ3) is 4.26. The summed E-state index contributed by atoms with van der Waals surface area (Å²) in [6.45, 7) is 2.63. The van der Waals surface area contributed by atoms with Gasteiger partial charge in [-0.2, -0.15) is 0 Å². The zero-order valence-corrected chi connectivity index (χ0v) is 11.7. The molecule has 0 amide bonds. The highest BCUT2D eigenvalue weighted by Gasteiger charge is 2.27. The second kappa shape index (κ2) is 7.71. The lowest BCUT2D eigenvalue weighted by Crippen LogP contribution is -2.45. The smallest absolute Gasteiger partial charge is 0.240 e. The fourth-order valence-corrected chi connectivity index (χ4v) is 2.42. The van der Waals surface area contributed by atoms with Gasteiger partial charge in [0.25, 0.3) is 0 Å². The number of hydrogen-bond acceptors (Lipinski definition) is 3. The van der Waals surface area contributed by atoms with Crippen LogP contribution in [0.5, 0.6) is 5.75 Å². The summed E-state index contributed by atoms with van der Waals surface area (Å²) in [5, 5.41) is 12.3. The minimum atomic E-state index is -2.49. The van der Waals surface area contributed by atoms with Gasteiger partial charge in [-0.1, -0.05) is 6.07 Å². The summed E-state index contributed by atoms with van der Waals surface area (Å²) >= 11 is 0. The molecule has 0 radical (unpaired) electrons. The molecule has 0 unspecified atom stereocenters. The van der Waals surface area contributed by atoms with Gasteiger partial charge in [0.15, 0.2) is 0 Å². The number of nitrogens with one attached hydrogen (secondary N) is 1. The van der Waals surface area contributed by atoms with Crippen molar-refractivity contribution in [2.45, 2.75) is 18.9 Å². The van der Waals surface area contributed by atoms with Gasteiger partial charge in [0, 0.05) is 50.3 Å². The standard InChI is InChI=1S/C13H17F3N2O.ClH/c14-11-7-9(19)1-2-10(11)12(8-13(15)16)18-5-3-17-4-6-18;/h1-2,7,12-13,17,19H,3-6,8H2;1H/t12-;/m1./s1. The molecule has 7 heteroatoms. The van der Waals surface area contributed by atoms with Crippen molar-refractivity contribution in [2.24, 2.45) is 0 Å². The van der Waals surface area contributed by atoms with E-state index < -0.39 is 24.7 Å². The van der Waals surface area contributed by atoms with Crippen LogP contribution >= 0.6 is 12.4 Å². The minimum Gasteiger partial charge on any atom is -0.508 e. The quantitative estimate of drug-likeness (QED) is 0.897. The van der Waals surface area contributed by atoms with Crippen LogP contribution in [0.25, 0.3) is 0 Å². The normalized spacial score (nSPS) is 17.8. The maximum absolute atomic E-state index is 13.9. The number of aromatic hydroxyl groups is 1. The molecule has 1 aliphatic rings. The first-order chi connectivity index (χ1) is 9.08. The molecule has 0 aromatic heterocycles. The van der Waals surface area contributed by atoms with E-state index in [2.05, 4.69) is 5.32 Å². The number of halogens is 4. The van der Waals surface area contributed by atoms with Crippen LogP contribution in [-0.4, -0.2) is 42.6 Å². The highest BCUT2D eigenvalue weighted by atomic mass is 35.5. The van der Waals surface area contributed by atoms with E-state index in [-0.39, 0.29) is 23.7 Å². The molecule has 0 bridgehead atoms. The number of alkyl halides is 2. The molecule has 1 fully saturated rings. The Kier molecular flexibility index (Phi) is 6.58. The molecule has 20 heavy (non-hydrogen) atoms. The molecule has 1 aromatic carbocycles. The van der Waals surface area contributed by atoms with E-state index in [4.69, 9.17) is 0 Å². The van der Waals surface area contributed by atoms with Crippen molar-refractivity contribution in [1.29, 1.82) is 0 Å². The van der Waals surface area contributed by atoms with Crippen LogP contribution in [0, 0.1) is 5.82 Å². The zero-order valence-electron chi connectivity index (χ0n) is 10.9. The predicted octanol–water partition coefficient (Wildman–Crippen LogP) is 2.55. The molecule has 1 saturated heterocycles. The number of phenolic OH excluding ortho intramolecular Hbond substituents is 1. The molecule has 2 rings (SSSR count). The fraction of sp³-hybridized carbons (Fsp3) is 0.538. The summed E-state index contributed by atoms with van der Waals surface area (Å²) in [7, 11) is 0. The van der Waals surface area contributed by atoms with Gasteiger partial charge in [-0.3, -0.25) is 4.90 Å². The van der Waals surface area contributed by atoms with Gasteiger partial charge in [-0.05, 0) is 6.07 Å². The summed E-state index contributed by atoms with van der Waals surface area (Å²) in [4.78, 5) is 1.86. The molecule has 114 valence electrons. The minimum absolute atomic E-state index is 0. The average Bonchev–Trinajstić information content (AvgIpc) is 2.37. The molecule has 0 aliphatic carbocycles. The maximum Gasteiger partial charge on any atom is 0.240 e. The Morgan fingerprint density at radius 1 is 1.25 bits per heavy atom. The summed E-state index contributed by atoms with van der Waals surface area (Å²) in [5.74, 6) is -0.832. The van der Waals surface area contributed by atoms with Crippen molar-refractivity contribution < 1.29 is 18.3 Å². The van der Waals surface area contributed by atoms with Gasteiger partial charge < -0.3 is 10.4 Å². The largest absolute Gasteiger partial charge is 0.508 e. The maximum atomic E-state index is 13.9. The molecule has 0 spiro atoms. The molecule has 1 aliphatic heterocycles. The first-order valence-corrected chi connectivity index (χ1v) is 6.29. The summed E-state index contributed by atoms with van der Waals surface area (Å²) < 4.78 is 39.3. The van der Waals surface area contributed by atoms with Crippen LogP contribution in [0.2, 0.25) is 0 Å². The third-order valence-corrected chi connectivity index (χ3v) is 3.34. The van der Waals surface area contributed by atoms with E-state index in [0.717, 1.165) is 6.07 Å². The Morgan fingerprint density at radius 3 is 2.45 bits per heavy atom. The van der Waals surface area contributed by atoms with E-state index in [1.165, 1.54) is 12.1 Å². The topological polar surface area (TPSA) is 35.5 Å². The van der Waals surface area contributed by atoms with Gasteiger partial charge in [-0.25, -0.2) is 13.2 Å². The van der Waals surface area contributed by atoms with Crippen molar-refractivity contribution >= 4 is 12.4 Å². The predicted molar refractivity (Wildman–Crippen MR) is 73.1 cm³/mol. The van der Waals surface area contributed by atoms with Crippen LogP contribution in [0.15, 0.2) is 18.2 Å². The van der Waals surface area contributed by atoms with Crippen LogP contribution < -0.4 is 5.32 Å². The lowest BCUT2D eigenvalue weighted by Gasteiger charge is -2.35. The summed E-state index contributed by atoms with van der Waals surface area (Å²) in [5.41, 5.74) is 0.222. The van der Waals surface area contributed by atoms with Gasteiger partial charge in [0.05, 0.1) is 0 Å². The Hall–Kier alpha value is -0.980. The third-order valence-electron chi connectivity index (χ3n) is 3.34. The second-order valence-electron chi connectivity index (χ2n) is 4.63. The first-order valence-electron chi connectivity index (χ1n) is 6.29. The molecule has 1 aromatic rings. The summed E-state index contributed by atoms with van der Waals surface area (Å²) in [6, 6.07) is 3.04. The fourth-order valence-electron chi connectivity index (χ4n) is 2.42. The number of benzene rings is 1. The van der Waals surface area contributed by atoms with Crippen molar-refractivity contribution in [1.82, 2.24) is 10.2 Å². The molecule has 2 N–H and O–H groups in total. The Labute approximate surface area is 122 Å². The SMILES string of the molecule is Cl.Oc1ccc([C@@H](CC(F)F)N2CCNCC2)c(F)c1. The second-order valence-corrected chi connectivity index (χ2v) is 4.63. The van der Waals surface area contributed by atoms with Crippen molar-refractivity contribution in [3.63, 3.8) is 0 Å². The van der Waals surface area contributed by atoms with Gasteiger partial charge in [-0.15, -0.1) is 12.4 Å². The van der Waals surface area contributed by atoms with Crippen molar-refractivity contribution in [2.75, 3.05) is 26.2 Å². The van der Waals surface area contributed by atoms with Gasteiger partial charge in [0.1, 0.15) is 11.6 Å². The van der Waals surface area contributed by atoms with Crippen LogP contribution in [-0.2, 0) is 0 Å². The van der Waals surface area contributed by atoms with Crippen LogP contribution in [0.4, 0.5) is 13.2 Å². The van der Waals surface area contributed by atoms with Gasteiger partial charge in [0.2, 0.25) is 6.43 Å². The average molecular weight is 311 g/mol. The zero-order chi connectivity index (χ0) is 13.8. The highest BCUT2D eigenvalue weighted by Crippen LogP contribution is 2.30. The van der Waals surface area contributed by atoms with Gasteiger partial charge >= 0.3 is 0 Å². The highest BCUT2D eigenvalue weighted by molar-refractivity contribution is 5.85. The van der Waals surface area contributed by atoms with E-state index >= 15 is 0 Å². The van der Waals surface area contributed by atoms with E-state index in [1.807, 2.05) is 4.90 Å². The molecular formula is C13H18ClF3N2O. The van der Waals surface area contributed by atoms with Crippen molar-refractivity contribution in [3.8, 4) is 5.75 Å². The lowest BCUT2D eigenvalue weighted by atomic mass is 10.0. The molecule has 0 saturated carbocycles. The number of hydrogen-bond donors (Lipinski definition) is 2. The van der Waals surface area contributed by atoms with Crippen LogP contribution in [0.3, 0.4) is 0 Å². The molecule has 3 nitrogen and oxygen atoms in total. The molecular weight excluding hydrogens is 293 g/mol. The number of phenols is 1. The molecule has 1 atom stereocenters. The van der Waals surface area contributed by atoms with Crippen LogP contribution in [0.1, 0.15) is 18.0 Å². The Bertz CT molecular complexity index is 428. The monoisotopic (exact) mass is 310 g/mol. The molecule has 1 heterocycles. The Morgan fingerprint density at radius 2 is 1.90 bits per heavy atom. The number of rotatable bonds is 4. The summed E-state index contributed by atoms with van der Waals surface area (Å²) in [6.07, 6.45) is -2.89. The van der Waals surface area contributed by atoms with E-state index in [1.54, 1.807) is 0 Å². The van der Waals surface area contributed by atoms with E-state index in [9.17, 15) is 18.3 Å². The first kappa shape index (κ1) is 17.1. The van der Waals surface area contributed by atoms with E-state index in [0.29, 0.717) is 26.2 Å². The Balaban J connectivity index is 0.00000200.